The van der Waals surface area contributed by atoms with Crippen molar-refractivity contribution in [1.82, 2.24) is 0 Å². The van der Waals surface area contributed by atoms with Crippen LogP contribution in [0.5, 0.6) is 0 Å². The fourth-order valence-corrected chi connectivity index (χ4v) is 2.24. The molecule has 0 bridgehead atoms. The summed E-state index contributed by atoms with van der Waals surface area (Å²) >= 11 is 0. The summed E-state index contributed by atoms with van der Waals surface area (Å²) in [5.41, 5.74) is 6.84. The number of benzene rings is 2. The molecule has 0 radical (unpaired) electrons. The second kappa shape index (κ2) is 8.74. The van der Waals surface area contributed by atoms with Gasteiger partial charge in [0.1, 0.15) is 12.4 Å². The predicted octanol–water partition coefficient (Wildman–Crippen LogP) is 2.82. The van der Waals surface area contributed by atoms with E-state index in [1.54, 1.807) is 19.1 Å². The predicted molar refractivity (Wildman–Crippen MR) is 94.5 cm³/mol. The number of halogens is 1. The number of hydrogen-bond acceptors (Lipinski definition) is 5. The molecular formula is C19H18FN3O3. The normalized spacial score (nSPS) is 10.2. The Morgan fingerprint density at radius 3 is 2.65 bits per heavy atom. The first-order valence-corrected chi connectivity index (χ1v) is 7.87. The Balaban J connectivity index is 2.22. The number of amides is 1. The fraction of sp³-hybridized carbons (Fsp3) is 0.211. The van der Waals surface area contributed by atoms with Gasteiger partial charge in [0.2, 0.25) is 5.91 Å². The van der Waals surface area contributed by atoms with Gasteiger partial charge in [-0.15, -0.1) is 0 Å². The molecule has 0 aliphatic heterocycles. The SMILES string of the molecule is Cc1ccc(Nc2cc(C#N)ccc2C(=O)COCCC(N)=O)c(F)c1. The Kier molecular flexibility index (Phi) is 6.42. The van der Waals surface area contributed by atoms with Crippen LogP contribution in [0.25, 0.3) is 0 Å². The van der Waals surface area contributed by atoms with E-state index < -0.39 is 11.7 Å². The van der Waals surface area contributed by atoms with Gasteiger partial charge in [0.05, 0.1) is 29.6 Å². The summed E-state index contributed by atoms with van der Waals surface area (Å²) < 4.78 is 19.2. The quantitative estimate of drug-likeness (QED) is 0.559. The van der Waals surface area contributed by atoms with Gasteiger partial charge in [0, 0.05) is 12.0 Å². The van der Waals surface area contributed by atoms with Crippen molar-refractivity contribution in [1.29, 1.82) is 5.26 Å². The lowest BCUT2D eigenvalue weighted by Crippen LogP contribution is -2.17. The molecule has 7 heteroatoms. The summed E-state index contributed by atoms with van der Waals surface area (Å²) in [5, 5.41) is 11.9. The molecule has 0 aliphatic rings. The fourth-order valence-electron chi connectivity index (χ4n) is 2.24. The maximum absolute atomic E-state index is 14.1. The zero-order valence-corrected chi connectivity index (χ0v) is 14.2. The number of ketones is 1. The van der Waals surface area contributed by atoms with E-state index in [0.29, 0.717) is 11.3 Å². The molecule has 2 aromatic carbocycles. The summed E-state index contributed by atoms with van der Waals surface area (Å²) in [4.78, 5) is 23.1. The number of carbonyl (C=O) groups excluding carboxylic acids is 2. The van der Waals surface area contributed by atoms with Crippen molar-refractivity contribution in [2.75, 3.05) is 18.5 Å². The molecule has 2 rings (SSSR count). The zero-order valence-electron chi connectivity index (χ0n) is 14.2. The van der Waals surface area contributed by atoms with Crippen molar-refractivity contribution in [3.63, 3.8) is 0 Å². The van der Waals surface area contributed by atoms with Crippen molar-refractivity contribution < 1.29 is 18.7 Å². The summed E-state index contributed by atoms with van der Waals surface area (Å²) in [6, 6.07) is 11.1. The number of nitrogens with two attached hydrogens (primary N) is 1. The van der Waals surface area contributed by atoms with E-state index in [4.69, 9.17) is 15.7 Å². The van der Waals surface area contributed by atoms with Crippen molar-refractivity contribution in [3.05, 3.63) is 58.9 Å². The third kappa shape index (κ3) is 5.13. The number of Topliss-reactive ketones (excluding diaryl/α,β-unsaturated/α-hetero) is 1. The first-order chi connectivity index (χ1) is 12.4. The first-order valence-electron chi connectivity index (χ1n) is 7.87. The van der Waals surface area contributed by atoms with Gasteiger partial charge in [0.25, 0.3) is 0 Å². The van der Waals surface area contributed by atoms with Crippen LogP contribution in [-0.4, -0.2) is 24.9 Å². The smallest absolute Gasteiger partial charge is 0.219 e. The highest BCUT2D eigenvalue weighted by Crippen LogP contribution is 2.25. The minimum atomic E-state index is -0.520. The largest absolute Gasteiger partial charge is 0.373 e. The zero-order chi connectivity index (χ0) is 19.1. The Morgan fingerprint density at radius 2 is 2.00 bits per heavy atom. The van der Waals surface area contributed by atoms with E-state index in [1.165, 1.54) is 24.3 Å². The number of rotatable bonds is 8. The molecule has 0 aromatic heterocycles. The van der Waals surface area contributed by atoms with Gasteiger partial charge in [-0.1, -0.05) is 6.07 Å². The number of nitrogens with one attached hydrogen (secondary N) is 1. The van der Waals surface area contributed by atoms with Crippen molar-refractivity contribution in [3.8, 4) is 6.07 Å². The summed E-state index contributed by atoms with van der Waals surface area (Å²) in [6.07, 6.45) is 0.0142. The van der Waals surface area contributed by atoms with E-state index >= 15 is 0 Å². The van der Waals surface area contributed by atoms with Crippen LogP contribution in [0.3, 0.4) is 0 Å². The molecule has 6 nitrogen and oxygen atoms in total. The summed E-state index contributed by atoms with van der Waals surface area (Å²) in [6.45, 7) is 1.54. The Hall–Kier alpha value is -3.24. The molecule has 1 amide bonds. The minimum Gasteiger partial charge on any atom is -0.373 e. The lowest BCUT2D eigenvalue weighted by molar-refractivity contribution is -0.119. The highest BCUT2D eigenvalue weighted by Gasteiger charge is 2.14. The monoisotopic (exact) mass is 355 g/mol. The van der Waals surface area contributed by atoms with Gasteiger partial charge in [0.15, 0.2) is 5.78 Å². The molecule has 26 heavy (non-hydrogen) atoms. The third-order valence-corrected chi connectivity index (χ3v) is 3.57. The number of hydrogen-bond donors (Lipinski definition) is 2. The van der Waals surface area contributed by atoms with Crippen LogP contribution >= 0.6 is 0 Å². The lowest BCUT2D eigenvalue weighted by atomic mass is 10.1. The minimum absolute atomic E-state index is 0.0142. The summed E-state index contributed by atoms with van der Waals surface area (Å²) in [5.74, 6) is -1.36. The average Bonchev–Trinajstić information content (AvgIpc) is 2.60. The highest BCUT2D eigenvalue weighted by atomic mass is 19.1. The standard InChI is InChI=1S/C19H18FN3O3/c1-12-2-5-16(15(20)8-12)23-17-9-13(10-21)3-4-14(17)18(24)11-26-7-6-19(22)25/h2-5,8-9,23H,6-7,11H2,1H3,(H2,22,25). The lowest BCUT2D eigenvalue weighted by Gasteiger charge is -2.13. The van der Waals surface area contributed by atoms with Gasteiger partial charge in [-0.25, -0.2) is 4.39 Å². The number of primary amides is 1. The molecule has 0 heterocycles. The van der Waals surface area contributed by atoms with E-state index in [9.17, 15) is 14.0 Å². The Bertz CT molecular complexity index is 875. The van der Waals surface area contributed by atoms with Crippen LogP contribution in [0.1, 0.15) is 27.9 Å². The number of anilines is 2. The molecule has 0 spiro atoms. The van der Waals surface area contributed by atoms with Gasteiger partial charge in [-0.05, 0) is 42.8 Å². The maximum atomic E-state index is 14.1. The van der Waals surface area contributed by atoms with Crippen LogP contribution in [0.4, 0.5) is 15.8 Å². The van der Waals surface area contributed by atoms with Gasteiger partial charge < -0.3 is 15.8 Å². The number of aryl methyl sites for hydroxylation is 1. The molecule has 0 aliphatic carbocycles. The molecule has 0 saturated carbocycles. The second-order valence-corrected chi connectivity index (χ2v) is 5.67. The number of nitrogens with zero attached hydrogens (tertiary/aromatic N) is 1. The van der Waals surface area contributed by atoms with E-state index in [1.807, 2.05) is 6.07 Å². The van der Waals surface area contributed by atoms with Gasteiger partial charge in [-0.3, -0.25) is 9.59 Å². The van der Waals surface area contributed by atoms with E-state index in [2.05, 4.69) is 5.32 Å². The topological polar surface area (TPSA) is 105 Å². The molecule has 0 fully saturated rings. The molecule has 0 saturated heterocycles. The van der Waals surface area contributed by atoms with Crippen molar-refractivity contribution in [2.24, 2.45) is 5.73 Å². The van der Waals surface area contributed by atoms with Crippen LogP contribution < -0.4 is 11.1 Å². The first kappa shape index (κ1) is 19.1. The van der Waals surface area contributed by atoms with Crippen LogP contribution in [0, 0.1) is 24.1 Å². The Morgan fingerprint density at radius 1 is 1.23 bits per heavy atom. The van der Waals surface area contributed by atoms with Gasteiger partial charge >= 0.3 is 0 Å². The van der Waals surface area contributed by atoms with Crippen LogP contribution in [0.2, 0.25) is 0 Å². The third-order valence-electron chi connectivity index (χ3n) is 3.57. The average molecular weight is 355 g/mol. The second-order valence-electron chi connectivity index (χ2n) is 5.67. The van der Waals surface area contributed by atoms with Crippen LogP contribution in [0.15, 0.2) is 36.4 Å². The highest BCUT2D eigenvalue weighted by molar-refractivity contribution is 6.03. The van der Waals surface area contributed by atoms with Crippen LogP contribution in [-0.2, 0) is 9.53 Å². The number of nitriles is 1. The number of ether oxygens (including phenoxy) is 1. The molecular weight excluding hydrogens is 337 g/mol. The summed E-state index contributed by atoms with van der Waals surface area (Å²) in [7, 11) is 0. The Labute approximate surface area is 150 Å². The van der Waals surface area contributed by atoms with Crippen molar-refractivity contribution >= 4 is 23.1 Å². The van der Waals surface area contributed by atoms with E-state index in [-0.39, 0.29) is 36.7 Å². The van der Waals surface area contributed by atoms with Crippen molar-refractivity contribution in [2.45, 2.75) is 13.3 Å². The molecule has 134 valence electrons. The number of carbonyl (C=O) groups is 2. The molecule has 0 unspecified atom stereocenters. The molecule has 2 aromatic rings. The molecule has 3 N–H and O–H groups in total. The van der Waals surface area contributed by atoms with E-state index in [0.717, 1.165) is 5.56 Å². The maximum Gasteiger partial charge on any atom is 0.219 e. The molecule has 0 atom stereocenters. The van der Waals surface area contributed by atoms with Gasteiger partial charge in [-0.2, -0.15) is 5.26 Å².